The molecule has 1 fully saturated rings. The second-order valence-electron chi connectivity index (χ2n) is 5.21. The molecule has 1 atom stereocenters. The summed E-state index contributed by atoms with van der Waals surface area (Å²) < 4.78 is 10.9. The van der Waals surface area contributed by atoms with Crippen molar-refractivity contribution >= 4 is 0 Å². The average molecular weight is 279 g/mol. The highest BCUT2D eigenvalue weighted by atomic mass is 16.5. The molecule has 1 aromatic carbocycles. The molecule has 1 aromatic rings. The van der Waals surface area contributed by atoms with Gasteiger partial charge < -0.3 is 20.1 Å². The summed E-state index contributed by atoms with van der Waals surface area (Å²) in [5.74, 6) is 1.73. The maximum Gasteiger partial charge on any atom is 0.119 e. The molecular formula is C15H25N3O2. The van der Waals surface area contributed by atoms with Crippen LogP contribution in [0, 0.1) is 0 Å². The van der Waals surface area contributed by atoms with Crippen molar-refractivity contribution in [2.45, 2.75) is 6.04 Å². The van der Waals surface area contributed by atoms with Crippen LogP contribution in [0.3, 0.4) is 0 Å². The highest BCUT2D eigenvalue weighted by molar-refractivity contribution is 5.31. The topological polar surface area (TPSA) is 51.0 Å². The van der Waals surface area contributed by atoms with Gasteiger partial charge in [0.25, 0.3) is 0 Å². The van der Waals surface area contributed by atoms with Gasteiger partial charge in [-0.3, -0.25) is 4.90 Å². The summed E-state index contributed by atoms with van der Waals surface area (Å²) >= 11 is 0. The molecule has 112 valence electrons. The molecule has 20 heavy (non-hydrogen) atoms. The first-order valence-electron chi connectivity index (χ1n) is 7.12. The Kier molecular flexibility index (Phi) is 5.64. The number of nitrogens with two attached hydrogens (primary N) is 1. The van der Waals surface area contributed by atoms with Crippen molar-refractivity contribution in [3.63, 3.8) is 0 Å². The summed E-state index contributed by atoms with van der Waals surface area (Å²) in [6, 6.07) is 8.13. The molecule has 1 saturated heterocycles. The molecule has 1 heterocycles. The number of nitrogens with zero attached hydrogens (tertiary/aromatic N) is 2. The maximum atomic E-state index is 5.85. The minimum atomic E-state index is 0.438. The number of likely N-dealkylation sites (N-methyl/N-ethyl adjacent to an activating group) is 1. The smallest absolute Gasteiger partial charge is 0.119 e. The molecule has 0 aromatic heterocycles. The zero-order valence-corrected chi connectivity index (χ0v) is 12.4. The van der Waals surface area contributed by atoms with E-state index in [1.807, 2.05) is 24.3 Å². The Balaban J connectivity index is 1.76. The number of hydrogen-bond acceptors (Lipinski definition) is 5. The number of ether oxygens (including phenoxy) is 2. The lowest BCUT2D eigenvalue weighted by Gasteiger charge is -2.39. The molecule has 1 aliphatic heterocycles. The minimum Gasteiger partial charge on any atom is -0.497 e. The van der Waals surface area contributed by atoms with Crippen LogP contribution in [-0.4, -0.2) is 69.3 Å². The fourth-order valence-corrected chi connectivity index (χ4v) is 2.52. The first-order chi connectivity index (χ1) is 9.72. The van der Waals surface area contributed by atoms with Gasteiger partial charge >= 0.3 is 0 Å². The van der Waals surface area contributed by atoms with Gasteiger partial charge in [-0.05, 0) is 31.3 Å². The Morgan fingerprint density at radius 1 is 1.20 bits per heavy atom. The molecule has 1 unspecified atom stereocenters. The zero-order valence-electron chi connectivity index (χ0n) is 12.4. The highest BCUT2D eigenvalue weighted by Crippen LogP contribution is 2.17. The molecule has 0 radical (unpaired) electrons. The van der Waals surface area contributed by atoms with Crippen LogP contribution in [0.15, 0.2) is 24.3 Å². The van der Waals surface area contributed by atoms with E-state index in [4.69, 9.17) is 15.2 Å². The van der Waals surface area contributed by atoms with Crippen LogP contribution in [0.5, 0.6) is 11.5 Å². The van der Waals surface area contributed by atoms with Gasteiger partial charge in [0, 0.05) is 38.8 Å². The molecule has 1 aliphatic rings. The number of benzene rings is 1. The van der Waals surface area contributed by atoms with Crippen molar-refractivity contribution in [2.24, 2.45) is 5.73 Å². The van der Waals surface area contributed by atoms with Crippen molar-refractivity contribution in [3.05, 3.63) is 24.3 Å². The van der Waals surface area contributed by atoms with Crippen molar-refractivity contribution in [1.29, 1.82) is 0 Å². The second kappa shape index (κ2) is 7.47. The predicted molar refractivity (Wildman–Crippen MR) is 80.4 cm³/mol. The first kappa shape index (κ1) is 15.1. The van der Waals surface area contributed by atoms with E-state index in [0.29, 0.717) is 19.2 Å². The van der Waals surface area contributed by atoms with Gasteiger partial charge in [-0.1, -0.05) is 0 Å². The van der Waals surface area contributed by atoms with Gasteiger partial charge in [0.05, 0.1) is 7.11 Å². The van der Waals surface area contributed by atoms with Gasteiger partial charge in [0.15, 0.2) is 0 Å². The Morgan fingerprint density at radius 2 is 1.90 bits per heavy atom. The molecule has 0 amide bonds. The van der Waals surface area contributed by atoms with Crippen molar-refractivity contribution in [1.82, 2.24) is 9.80 Å². The van der Waals surface area contributed by atoms with Crippen LogP contribution in [-0.2, 0) is 0 Å². The van der Waals surface area contributed by atoms with E-state index in [-0.39, 0.29) is 0 Å². The van der Waals surface area contributed by atoms with E-state index in [1.165, 1.54) is 0 Å². The first-order valence-corrected chi connectivity index (χ1v) is 7.12. The summed E-state index contributed by atoms with van der Waals surface area (Å²) in [7, 11) is 3.81. The molecule has 0 bridgehead atoms. The molecule has 2 rings (SSSR count). The molecule has 5 heteroatoms. The third-order valence-corrected chi connectivity index (χ3v) is 3.79. The molecule has 0 aliphatic carbocycles. The minimum absolute atomic E-state index is 0.438. The molecule has 0 saturated carbocycles. The summed E-state index contributed by atoms with van der Waals surface area (Å²) in [6.07, 6.45) is 0. The molecular weight excluding hydrogens is 254 g/mol. The standard InChI is InChI=1S/C15H25N3O2/c1-17-7-8-18(13(11-16)12-17)9-10-20-15-5-3-14(19-2)4-6-15/h3-6,13H,7-12,16H2,1-2H3. The van der Waals surface area contributed by atoms with Gasteiger partial charge in [-0.25, -0.2) is 0 Å². The lowest BCUT2D eigenvalue weighted by Crippen LogP contribution is -2.55. The van der Waals surface area contributed by atoms with Crippen LogP contribution in [0.2, 0.25) is 0 Å². The molecule has 2 N–H and O–H groups in total. The van der Waals surface area contributed by atoms with Crippen LogP contribution >= 0.6 is 0 Å². The Hall–Kier alpha value is -1.30. The van der Waals surface area contributed by atoms with Gasteiger partial charge in [-0.2, -0.15) is 0 Å². The van der Waals surface area contributed by atoms with Crippen molar-refractivity contribution in [2.75, 3.05) is 53.5 Å². The number of methoxy groups -OCH3 is 1. The number of piperazine rings is 1. The van der Waals surface area contributed by atoms with Crippen molar-refractivity contribution < 1.29 is 9.47 Å². The quantitative estimate of drug-likeness (QED) is 0.828. The Morgan fingerprint density at radius 3 is 2.55 bits per heavy atom. The molecule has 5 nitrogen and oxygen atoms in total. The maximum absolute atomic E-state index is 5.85. The van der Waals surface area contributed by atoms with Crippen LogP contribution < -0.4 is 15.2 Å². The highest BCUT2D eigenvalue weighted by Gasteiger charge is 2.23. The predicted octanol–water partition coefficient (Wildman–Crippen LogP) is 0.649. The lowest BCUT2D eigenvalue weighted by atomic mass is 10.2. The average Bonchev–Trinajstić information content (AvgIpc) is 2.49. The van der Waals surface area contributed by atoms with E-state index >= 15 is 0 Å². The van der Waals surface area contributed by atoms with E-state index in [2.05, 4.69) is 16.8 Å². The van der Waals surface area contributed by atoms with E-state index < -0.39 is 0 Å². The summed E-state index contributed by atoms with van der Waals surface area (Å²) in [6.45, 7) is 5.50. The Bertz CT molecular complexity index is 397. The summed E-state index contributed by atoms with van der Waals surface area (Å²) in [5.41, 5.74) is 5.85. The number of rotatable bonds is 6. The molecule has 0 spiro atoms. The lowest BCUT2D eigenvalue weighted by molar-refractivity contribution is 0.0807. The van der Waals surface area contributed by atoms with Gasteiger partial charge in [-0.15, -0.1) is 0 Å². The summed E-state index contributed by atoms with van der Waals surface area (Å²) in [4.78, 5) is 4.75. The van der Waals surface area contributed by atoms with Gasteiger partial charge in [0.1, 0.15) is 18.1 Å². The fourth-order valence-electron chi connectivity index (χ4n) is 2.52. The monoisotopic (exact) mass is 279 g/mol. The van der Waals surface area contributed by atoms with Crippen molar-refractivity contribution in [3.8, 4) is 11.5 Å². The van der Waals surface area contributed by atoms with E-state index in [0.717, 1.165) is 37.7 Å². The Labute approximate surface area is 121 Å². The van der Waals surface area contributed by atoms with Crippen LogP contribution in [0.4, 0.5) is 0 Å². The SMILES string of the molecule is COc1ccc(OCCN2CCN(C)CC2CN)cc1. The van der Waals surface area contributed by atoms with Crippen LogP contribution in [0.1, 0.15) is 0 Å². The largest absolute Gasteiger partial charge is 0.497 e. The zero-order chi connectivity index (χ0) is 14.4. The van der Waals surface area contributed by atoms with E-state index in [1.54, 1.807) is 7.11 Å². The van der Waals surface area contributed by atoms with Gasteiger partial charge in [0.2, 0.25) is 0 Å². The second-order valence-corrected chi connectivity index (χ2v) is 5.21. The number of hydrogen-bond donors (Lipinski definition) is 1. The summed E-state index contributed by atoms with van der Waals surface area (Å²) in [5, 5.41) is 0. The fraction of sp³-hybridized carbons (Fsp3) is 0.600. The normalized spacial score (nSPS) is 20.9. The van der Waals surface area contributed by atoms with Crippen LogP contribution in [0.25, 0.3) is 0 Å². The van der Waals surface area contributed by atoms with E-state index in [9.17, 15) is 0 Å². The third-order valence-electron chi connectivity index (χ3n) is 3.79. The third kappa shape index (κ3) is 4.10.